The smallest absolute Gasteiger partial charge is 0.161 e. The number of rotatable bonds is 32. The van der Waals surface area contributed by atoms with Crippen LogP contribution in [-0.4, -0.2) is 26.4 Å². The predicted octanol–water partition coefficient (Wildman–Crippen LogP) is 23.0. The van der Waals surface area contributed by atoms with E-state index in [0.29, 0.717) is 50.1 Å². The zero-order chi connectivity index (χ0) is 59.5. The minimum atomic E-state index is 0.530. The standard InChI is InChI=1S/C78H92Br2O4/c1-9-17-21-57(13-5)53-81-75-47-39-65(49-77(75)83-55-59(15-7)23-19-11-3)35-33-61-25-29-63(30-26-61)37-43-69-71-45-41-68(80)52-74(71)70(72-46-42-67(79)51-73(69)72)44-38-64-31-27-62(28-32-64)34-36-66-40-48-76(82-54-58(14-6)22-18-10-2)78(50-66)84-56-60(16-8)24-20-12-4/h25-36,39-42,45-52,57-60H,9-24,53-56H2,1-8H3/b35-33+,36-34+. The summed E-state index contributed by atoms with van der Waals surface area (Å²) in [5.41, 5.74) is 8.16. The highest BCUT2D eigenvalue weighted by molar-refractivity contribution is 9.10. The summed E-state index contributed by atoms with van der Waals surface area (Å²) in [6, 6.07) is 42.5. The summed E-state index contributed by atoms with van der Waals surface area (Å²) in [6.45, 7) is 20.9. The molecule has 0 fully saturated rings. The molecule has 4 nitrogen and oxygen atoms in total. The van der Waals surface area contributed by atoms with Gasteiger partial charge in [0.25, 0.3) is 0 Å². The molecule has 0 aromatic heterocycles. The molecule has 6 heteroatoms. The maximum atomic E-state index is 6.57. The summed E-state index contributed by atoms with van der Waals surface area (Å²) < 4.78 is 28.1. The van der Waals surface area contributed by atoms with Crippen LogP contribution in [0.5, 0.6) is 23.0 Å². The molecule has 0 aliphatic rings. The lowest BCUT2D eigenvalue weighted by Gasteiger charge is -2.20. The van der Waals surface area contributed by atoms with Crippen LogP contribution in [0.1, 0.15) is 203 Å². The van der Waals surface area contributed by atoms with Crippen LogP contribution in [0.4, 0.5) is 0 Å². The molecule has 0 heterocycles. The third kappa shape index (κ3) is 20.0. The van der Waals surface area contributed by atoms with Gasteiger partial charge < -0.3 is 18.9 Å². The molecule has 0 spiro atoms. The van der Waals surface area contributed by atoms with E-state index in [1.807, 2.05) is 0 Å². The van der Waals surface area contributed by atoms with Crippen LogP contribution in [0, 0.1) is 47.4 Å². The third-order valence-electron chi connectivity index (χ3n) is 16.5. The second-order valence-electron chi connectivity index (χ2n) is 22.9. The first-order chi connectivity index (χ1) is 41.1. The van der Waals surface area contributed by atoms with Crippen molar-refractivity contribution in [2.75, 3.05) is 26.4 Å². The van der Waals surface area contributed by atoms with Crippen molar-refractivity contribution in [2.24, 2.45) is 23.7 Å². The highest BCUT2D eigenvalue weighted by atomic mass is 79.9. The third-order valence-corrected chi connectivity index (χ3v) is 17.5. The van der Waals surface area contributed by atoms with Gasteiger partial charge in [-0.15, -0.1) is 0 Å². The first-order valence-electron chi connectivity index (χ1n) is 31.8. The molecule has 7 aromatic rings. The van der Waals surface area contributed by atoms with Gasteiger partial charge in [-0.05, 0) is 155 Å². The zero-order valence-electron chi connectivity index (χ0n) is 51.7. The van der Waals surface area contributed by atoms with Crippen LogP contribution in [0.25, 0.3) is 45.8 Å². The Morgan fingerprint density at radius 2 is 0.643 bits per heavy atom. The van der Waals surface area contributed by atoms with Crippen molar-refractivity contribution in [3.63, 3.8) is 0 Å². The van der Waals surface area contributed by atoms with E-state index in [1.165, 1.54) is 77.0 Å². The molecular weight excluding hydrogens is 1160 g/mol. The number of hydrogen-bond donors (Lipinski definition) is 0. The lowest BCUT2D eigenvalue weighted by Crippen LogP contribution is -2.14. The Labute approximate surface area is 522 Å². The van der Waals surface area contributed by atoms with Crippen molar-refractivity contribution in [3.05, 3.63) is 175 Å². The van der Waals surface area contributed by atoms with E-state index in [0.717, 1.165) is 124 Å². The van der Waals surface area contributed by atoms with Gasteiger partial charge in [-0.1, -0.05) is 261 Å². The predicted molar refractivity (Wildman–Crippen MR) is 368 cm³/mol. The normalized spacial score (nSPS) is 12.9. The van der Waals surface area contributed by atoms with E-state index >= 15 is 0 Å². The first-order valence-corrected chi connectivity index (χ1v) is 33.4. The van der Waals surface area contributed by atoms with E-state index < -0.39 is 0 Å². The molecule has 0 N–H and O–H groups in total. The van der Waals surface area contributed by atoms with Gasteiger partial charge >= 0.3 is 0 Å². The van der Waals surface area contributed by atoms with Crippen LogP contribution in [0.3, 0.4) is 0 Å². The number of halogens is 2. The summed E-state index contributed by atoms with van der Waals surface area (Å²) in [6.07, 6.45) is 27.5. The monoisotopic (exact) mass is 1250 g/mol. The van der Waals surface area contributed by atoms with Gasteiger partial charge in [-0.2, -0.15) is 0 Å². The highest BCUT2D eigenvalue weighted by Gasteiger charge is 2.17. The average Bonchev–Trinajstić information content (AvgIpc) is 1.18. The first kappa shape index (κ1) is 65.4. The molecule has 0 radical (unpaired) electrons. The van der Waals surface area contributed by atoms with E-state index in [9.17, 15) is 0 Å². The van der Waals surface area contributed by atoms with Gasteiger partial charge in [0, 0.05) is 42.0 Å². The molecule has 7 aromatic carbocycles. The maximum Gasteiger partial charge on any atom is 0.161 e. The molecule has 7 rings (SSSR count). The molecule has 4 unspecified atom stereocenters. The van der Waals surface area contributed by atoms with Gasteiger partial charge in [-0.25, -0.2) is 0 Å². The van der Waals surface area contributed by atoms with Crippen LogP contribution in [-0.2, 0) is 0 Å². The minimum absolute atomic E-state index is 0.530. The van der Waals surface area contributed by atoms with Crippen LogP contribution in [0.15, 0.2) is 130 Å². The quantitative estimate of drug-likeness (QED) is 0.0239. The molecule has 442 valence electrons. The van der Waals surface area contributed by atoms with Crippen LogP contribution in [0.2, 0.25) is 0 Å². The highest BCUT2D eigenvalue weighted by Crippen LogP contribution is 2.37. The fourth-order valence-corrected chi connectivity index (χ4v) is 11.3. The van der Waals surface area contributed by atoms with Crippen molar-refractivity contribution in [1.82, 2.24) is 0 Å². The van der Waals surface area contributed by atoms with E-state index in [1.54, 1.807) is 0 Å². The number of unbranched alkanes of at least 4 members (excludes halogenated alkanes) is 4. The lowest BCUT2D eigenvalue weighted by atomic mass is 9.91. The van der Waals surface area contributed by atoms with E-state index in [2.05, 4.69) is 257 Å². The molecule has 84 heavy (non-hydrogen) atoms. The number of ether oxygens (including phenoxy) is 4. The van der Waals surface area contributed by atoms with Gasteiger partial charge in [0.2, 0.25) is 0 Å². The molecular formula is C78H92Br2O4. The van der Waals surface area contributed by atoms with Crippen molar-refractivity contribution >= 4 is 77.7 Å². The number of hydrogen-bond acceptors (Lipinski definition) is 4. The molecule has 0 saturated carbocycles. The Morgan fingerprint density at radius 3 is 0.964 bits per heavy atom. The molecule has 0 aliphatic carbocycles. The zero-order valence-corrected chi connectivity index (χ0v) is 54.9. The largest absolute Gasteiger partial charge is 0.489 e. The maximum absolute atomic E-state index is 6.57. The van der Waals surface area contributed by atoms with Crippen molar-refractivity contribution in [3.8, 4) is 46.7 Å². The van der Waals surface area contributed by atoms with Gasteiger partial charge in [-0.3, -0.25) is 0 Å². The Bertz CT molecular complexity index is 3120. The van der Waals surface area contributed by atoms with Crippen molar-refractivity contribution in [2.45, 2.75) is 158 Å². The van der Waals surface area contributed by atoms with Crippen LogP contribution < -0.4 is 18.9 Å². The lowest BCUT2D eigenvalue weighted by molar-refractivity contribution is 0.199. The van der Waals surface area contributed by atoms with Crippen molar-refractivity contribution in [1.29, 1.82) is 0 Å². The molecule has 0 saturated heterocycles. The second kappa shape index (κ2) is 35.3. The number of fused-ring (bicyclic) bond motifs is 2. The second-order valence-corrected chi connectivity index (χ2v) is 24.7. The fourth-order valence-electron chi connectivity index (χ4n) is 10.6. The fraction of sp³-hybridized carbons (Fsp3) is 0.410. The van der Waals surface area contributed by atoms with Gasteiger partial charge in [0.15, 0.2) is 23.0 Å². The number of benzene rings is 7. The SMILES string of the molecule is CCCCC(CC)COc1ccc(/C=C/c2ccc(C#Cc3c4ccc(Br)cc4c(C#Cc4ccc(/C=C/c5ccc(OCC(CC)CCCC)c(OCC(CC)CCCC)c5)cc4)c4ccc(Br)cc34)cc2)cc1OCC(CC)CCCC. The molecule has 0 amide bonds. The Balaban J connectivity index is 1.09. The minimum Gasteiger partial charge on any atom is -0.489 e. The molecule has 4 atom stereocenters. The average molecular weight is 1250 g/mol. The molecule has 0 aliphatic heterocycles. The summed E-state index contributed by atoms with van der Waals surface area (Å²) in [7, 11) is 0. The van der Waals surface area contributed by atoms with E-state index in [4.69, 9.17) is 18.9 Å². The summed E-state index contributed by atoms with van der Waals surface area (Å²) in [5, 5.41) is 4.21. The van der Waals surface area contributed by atoms with E-state index in [-0.39, 0.29) is 0 Å². The Morgan fingerprint density at radius 1 is 0.333 bits per heavy atom. The van der Waals surface area contributed by atoms with Crippen molar-refractivity contribution < 1.29 is 18.9 Å². The molecule has 0 bridgehead atoms. The Hall–Kier alpha value is -6.18. The summed E-state index contributed by atoms with van der Waals surface area (Å²) in [4.78, 5) is 0. The van der Waals surface area contributed by atoms with Gasteiger partial charge in [0.1, 0.15) is 0 Å². The summed E-state index contributed by atoms with van der Waals surface area (Å²) in [5.74, 6) is 19.8. The topological polar surface area (TPSA) is 36.9 Å². The Kier molecular flexibility index (Phi) is 27.5. The summed E-state index contributed by atoms with van der Waals surface area (Å²) >= 11 is 7.57. The van der Waals surface area contributed by atoms with Crippen LogP contribution >= 0.6 is 31.9 Å². The van der Waals surface area contributed by atoms with Gasteiger partial charge in [0.05, 0.1) is 26.4 Å².